The van der Waals surface area contributed by atoms with Gasteiger partial charge in [-0.25, -0.2) is 0 Å². The number of hydrogen-bond acceptors (Lipinski definition) is 2. The van der Waals surface area contributed by atoms with Crippen LogP contribution >= 0.6 is 0 Å². The van der Waals surface area contributed by atoms with Gasteiger partial charge in [-0.3, -0.25) is 0 Å². The standard InChI is InChI=1S/C16H13AsN2O/c1-2-9-20-15-6-4-3-5-12(15)16-18-13-8-7-11(17)10-14(13)19-16/h1,3-8,10H,9,17H2,(H,18,19). The van der Waals surface area contributed by atoms with E-state index in [9.17, 15) is 0 Å². The Morgan fingerprint density at radius 1 is 1.25 bits per heavy atom. The van der Waals surface area contributed by atoms with Crippen molar-refractivity contribution in [3.63, 3.8) is 0 Å². The quantitative estimate of drug-likeness (QED) is 0.586. The first kappa shape index (κ1) is 12.8. The van der Waals surface area contributed by atoms with Crippen LogP contribution in [0.4, 0.5) is 0 Å². The molecule has 1 heterocycles. The Kier molecular flexibility index (Phi) is 3.50. The molecule has 3 aromatic rings. The predicted octanol–water partition coefficient (Wildman–Crippen LogP) is 1.50. The molecule has 4 heteroatoms. The van der Waals surface area contributed by atoms with Crippen molar-refractivity contribution in [2.24, 2.45) is 0 Å². The van der Waals surface area contributed by atoms with Crippen LogP contribution in [0.1, 0.15) is 0 Å². The number of para-hydroxylation sites is 1. The molecule has 0 aliphatic carbocycles. The summed E-state index contributed by atoms with van der Waals surface area (Å²) in [5.74, 6) is 4.02. The number of aromatic nitrogens is 2. The summed E-state index contributed by atoms with van der Waals surface area (Å²) in [7, 11) is 0. The number of rotatable bonds is 3. The van der Waals surface area contributed by atoms with Gasteiger partial charge < -0.3 is 0 Å². The Morgan fingerprint density at radius 3 is 2.95 bits per heavy atom. The molecule has 3 rings (SSSR count). The fourth-order valence-corrected chi connectivity index (χ4v) is 2.59. The molecule has 1 atom stereocenters. The number of fused-ring (bicyclic) bond motifs is 1. The van der Waals surface area contributed by atoms with Gasteiger partial charge in [-0.15, -0.1) is 0 Å². The number of benzene rings is 2. The Labute approximate surface area is 125 Å². The molecule has 0 saturated carbocycles. The molecule has 1 aromatic heterocycles. The molecule has 0 saturated heterocycles. The van der Waals surface area contributed by atoms with Crippen LogP contribution in [0.2, 0.25) is 0 Å². The monoisotopic (exact) mass is 324 g/mol. The minimum atomic E-state index is 0.249. The van der Waals surface area contributed by atoms with E-state index in [1.54, 1.807) is 16.9 Å². The third-order valence-corrected chi connectivity index (χ3v) is 3.71. The summed E-state index contributed by atoms with van der Waals surface area (Å²) >= 11 is 1.59. The zero-order valence-corrected chi connectivity index (χ0v) is 13.2. The number of nitrogens with one attached hydrogen (secondary N) is 1. The van der Waals surface area contributed by atoms with Crippen molar-refractivity contribution in [1.82, 2.24) is 9.97 Å². The van der Waals surface area contributed by atoms with Gasteiger partial charge in [-0.1, -0.05) is 0 Å². The van der Waals surface area contributed by atoms with Gasteiger partial charge in [0.1, 0.15) is 0 Å². The van der Waals surface area contributed by atoms with E-state index in [4.69, 9.17) is 11.2 Å². The maximum atomic E-state index is 5.57. The molecule has 0 fully saturated rings. The fraction of sp³-hybridized carbons (Fsp3) is 0.0625. The van der Waals surface area contributed by atoms with Crippen molar-refractivity contribution >= 4 is 32.2 Å². The number of terminal acetylenes is 1. The van der Waals surface area contributed by atoms with Crippen molar-refractivity contribution in [2.45, 2.75) is 0 Å². The van der Waals surface area contributed by atoms with Crippen LogP contribution in [0.5, 0.6) is 5.75 Å². The van der Waals surface area contributed by atoms with Gasteiger partial charge in [-0.2, -0.15) is 0 Å². The first-order chi connectivity index (χ1) is 9.78. The topological polar surface area (TPSA) is 37.9 Å². The van der Waals surface area contributed by atoms with E-state index in [1.807, 2.05) is 30.3 Å². The van der Waals surface area contributed by atoms with Crippen LogP contribution in [-0.4, -0.2) is 33.4 Å². The van der Waals surface area contributed by atoms with Crippen LogP contribution in [0.25, 0.3) is 22.4 Å². The van der Waals surface area contributed by atoms with Crippen LogP contribution < -0.4 is 9.09 Å². The van der Waals surface area contributed by atoms with E-state index >= 15 is 0 Å². The Balaban J connectivity index is 2.08. The van der Waals surface area contributed by atoms with Gasteiger partial charge in [0.05, 0.1) is 0 Å². The molecule has 0 aliphatic heterocycles. The predicted molar refractivity (Wildman–Crippen MR) is 84.0 cm³/mol. The van der Waals surface area contributed by atoms with Crippen molar-refractivity contribution in [2.75, 3.05) is 6.61 Å². The zero-order chi connectivity index (χ0) is 13.9. The van der Waals surface area contributed by atoms with E-state index in [1.165, 1.54) is 4.35 Å². The van der Waals surface area contributed by atoms with Gasteiger partial charge >= 0.3 is 125 Å². The first-order valence-electron chi connectivity index (χ1n) is 6.19. The summed E-state index contributed by atoms with van der Waals surface area (Å²) in [5, 5.41) is 0. The number of imidazole rings is 1. The van der Waals surface area contributed by atoms with Crippen molar-refractivity contribution < 1.29 is 4.74 Å². The van der Waals surface area contributed by atoms with E-state index in [-0.39, 0.29) is 6.61 Å². The molecule has 98 valence electrons. The van der Waals surface area contributed by atoms with E-state index in [0.29, 0.717) is 0 Å². The van der Waals surface area contributed by atoms with Gasteiger partial charge in [-0.05, 0) is 0 Å². The first-order valence-corrected chi connectivity index (χ1v) is 7.40. The van der Waals surface area contributed by atoms with E-state index < -0.39 is 0 Å². The van der Waals surface area contributed by atoms with Crippen molar-refractivity contribution in [3.8, 4) is 29.5 Å². The van der Waals surface area contributed by atoms with Gasteiger partial charge in [0.2, 0.25) is 0 Å². The van der Waals surface area contributed by atoms with E-state index in [2.05, 4.69) is 28.0 Å². The summed E-state index contributed by atoms with van der Waals surface area (Å²) in [4.78, 5) is 7.96. The van der Waals surface area contributed by atoms with Crippen LogP contribution in [-0.2, 0) is 0 Å². The number of ether oxygens (including phenoxy) is 1. The maximum absolute atomic E-state index is 5.57. The number of hydrogen-bond donors (Lipinski definition) is 1. The normalized spacial score (nSPS) is 10.4. The molecule has 3 nitrogen and oxygen atoms in total. The molecule has 0 aliphatic rings. The summed E-state index contributed by atoms with van der Waals surface area (Å²) in [5.41, 5.74) is 2.91. The van der Waals surface area contributed by atoms with E-state index in [0.717, 1.165) is 28.2 Å². The second-order valence-corrected chi connectivity index (χ2v) is 5.75. The van der Waals surface area contributed by atoms with Crippen LogP contribution in [0, 0.1) is 12.3 Å². The fourth-order valence-electron chi connectivity index (χ4n) is 2.06. The third-order valence-electron chi connectivity index (χ3n) is 2.96. The molecule has 0 spiro atoms. The van der Waals surface area contributed by atoms with Gasteiger partial charge in [0.25, 0.3) is 0 Å². The molecule has 1 unspecified atom stereocenters. The Bertz CT molecular complexity index is 802. The summed E-state index contributed by atoms with van der Waals surface area (Å²) < 4.78 is 6.82. The van der Waals surface area contributed by atoms with Crippen LogP contribution in [0.15, 0.2) is 42.5 Å². The molecular weight excluding hydrogens is 311 g/mol. The van der Waals surface area contributed by atoms with Crippen LogP contribution in [0.3, 0.4) is 0 Å². The summed E-state index contributed by atoms with van der Waals surface area (Å²) in [6, 6.07) is 14.0. The van der Waals surface area contributed by atoms with Gasteiger partial charge in [0, 0.05) is 0 Å². The molecule has 0 bridgehead atoms. The second-order valence-electron chi connectivity index (χ2n) is 4.35. The van der Waals surface area contributed by atoms with Gasteiger partial charge in [0.15, 0.2) is 0 Å². The molecule has 0 radical (unpaired) electrons. The molecule has 0 amide bonds. The Morgan fingerprint density at radius 2 is 2.10 bits per heavy atom. The summed E-state index contributed by atoms with van der Waals surface area (Å²) in [6.07, 6.45) is 5.25. The van der Waals surface area contributed by atoms with Crippen molar-refractivity contribution in [1.29, 1.82) is 0 Å². The summed E-state index contributed by atoms with van der Waals surface area (Å²) in [6.45, 7) is 0.249. The second kappa shape index (κ2) is 5.44. The van der Waals surface area contributed by atoms with Crippen molar-refractivity contribution in [3.05, 3.63) is 42.5 Å². The zero-order valence-electron chi connectivity index (χ0n) is 10.8. The minimum absolute atomic E-state index is 0.249. The number of nitrogens with zero attached hydrogens (tertiary/aromatic N) is 1. The average molecular weight is 324 g/mol. The average Bonchev–Trinajstić information content (AvgIpc) is 2.88. The molecule has 2 aromatic carbocycles. The Hall–Kier alpha value is -2.17. The number of H-pyrrole nitrogens is 1. The molecule has 1 N–H and O–H groups in total. The third kappa shape index (κ3) is 2.43. The molecule has 20 heavy (non-hydrogen) atoms. The molecular formula is C16H13AsN2O. The SMILES string of the molecule is C#CCOc1ccccc1-c1nc2cc([AsH2])ccc2[nH]1. The number of aromatic amines is 1.